The second-order valence-corrected chi connectivity index (χ2v) is 3.55. The van der Waals surface area contributed by atoms with Gasteiger partial charge in [0.2, 0.25) is 0 Å². The lowest BCUT2D eigenvalue weighted by atomic mass is 10.1. The van der Waals surface area contributed by atoms with Crippen molar-refractivity contribution in [2.75, 3.05) is 0 Å². The average Bonchev–Trinajstić information content (AvgIpc) is 2.12. The number of benzene rings is 1. The van der Waals surface area contributed by atoms with E-state index in [0.29, 0.717) is 10.3 Å². The minimum Gasteiger partial charge on any atom is -0.136 e. The molecule has 2 rings (SSSR count). The Kier molecular flexibility index (Phi) is 2.10. The van der Waals surface area contributed by atoms with Crippen molar-refractivity contribution in [1.82, 2.24) is 10.2 Å². The van der Waals surface area contributed by atoms with Crippen molar-refractivity contribution in [2.45, 2.75) is 6.92 Å². The smallest absolute Gasteiger partial charge is 0.136 e. The zero-order valence-electron chi connectivity index (χ0n) is 6.88. The Labute approximate surface area is 85.5 Å². The van der Waals surface area contributed by atoms with E-state index in [2.05, 4.69) is 10.2 Å². The van der Waals surface area contributed by atoms with Gasteiger partial charge in [0, 0.05) is 10.8 Å². The summed E-state index contributed by atoms with van der Waals surface area (Å²) >= 11 is 11.7. The van der Waals surface area contributed by atoms with Crippen LogP contribution in [0.4, 0.5) is 0 Å². The van der Waals surface area contributed by atoms with Gasteiger partial charge in [-0.2, -0.15) is 0 Å². The fourth-order valence-electron chi connectivity index (χ4n) is 1.20. The maximum absolute atomic E-state index is 5.87. The van der Waals surface area contributed by atoms with E-state index in [1.807, 2.05) is 25.1 Å². The van der Waals surface area contributed by atoms with Gasteiger partial charge in [-0.05, 0) is 13.0 Å². The SMILES string of the molecule is Cc1ccc2c(Cl)nnc(Cl)c2c1. The average molecular weight is 213 g/mol. The molecule has 0 N–H and O–H groups in total. The first-order chi connectivity index (χ1) is 6.18. The summed E-state index contributed by atoms with van der Waals surface area (Å²) in [5.74, 6) is 0. The van der Waals surface area contributed by atoms with Gasteiger partial charge in [0.25, 0.3) is 0 Å². The van der Waals surface area contributed by atoms with Crippen LogP contribution in [0.5, 0.6) is 0 Å². The summed E-state index contributed by atoms with van der Waals surface area (Å²) in [5, 5.41) is 9.92. The molecule has 1 heterocycles. The molecule has 2 aromatic rings. The van der Waals surface area contributed by atoms with Gasteiger partial charge in [0.15, 0.2) is 10.3 Å². The number of hydrogen-bond acceptors (Lipinski definition) is 2. The van der Waals surface area contributed by atoms with E-state index in [4.69, 9.17) is 23.2 Å². The zero-order chi connectivity index (χ0) is 9.42. The molecule has 0 aliphatic carbocycles. The molecule has 0 saturated heterocycles. The maximum atomic E-state index is 5.87. The quantitative estimate of drug-likeness (QED) is 0.671. The molecule has 0 bridgehead atoms. The van der Waals surface area contributed by atoms with Crippen LogP contribution in [0.3, 0.4) is 0 Å². The van der Waals surface area contributed by atoms with Crippen molar-refractivity contribution in [3.63, 3.8) is 0 Å². The standard InChI is InChI=1S/C9H6Cl2N2/c1-5-2-3-6-7(4-5)9(11)13-12-8(6)10/h2-4H,1H3. The summed E-state index contributed by atoms with van der Waals surface area (Å²) in [7, 11) is 0. The molecule has 0 unspecified atom stereocenters. The van der Waals surface area contributed by atoms with Crippen molar-refractivity contribution < 1.29 is 0 Å². The van der Waals surface area contributed by atoms with Gasteiger partial charge in [-0.15, -0.1) is 10.2 Å². The second kappa shape index (κ2) is 3.13. The highest BCUT2D eigenvalue weighted by atomic mass is 35.5. The lowest BCUT2D eigenvalue weighted by Crippen LogP contribution is -1.87. The number of nitrogens with zero attached hydrogens (tertiary/aromatic N) is 2. The minimum atomic E-state index is 0.388. The molecule has 0 aliphatic rings. The molecule has 0 amide bonds. The minimum absolute atomic E-state index is 0.388. The Bertz CT molecular complexity index is 468. The highest BCUT2D eigenvalue weighted by Crippen LogP contribution is 2.26. The van der Waals surface area contributed by atoms with Crippen molar-refractivity contribution >= 4 is 34.0 Å². The molecule has 66 valence electrons. The highest BCUT2D eigenvalue weighted by molar-refractivity contribution is 6.38. The van der Waals surface area contributed by atoms with Gasteiger partial charge in [-0.25, -0.2) is 0 Å². The Balaban J connectivity index is 2.92. The van der Waals surface area contributed by atoms with Crippen LogP contribution in [-0.2, 0) is 0 Å². The predicted octanol–water partition coefficient (Wildman–Crippen LogP) is 3.25. The van der Waals surface area contributed by atoms with E-state index >= 15 is 0 Å². The molecule has 0 atom stereocenters. The normalized spacial score (nSPS) is 10.7. The third-order valence-electron chi connectivity index (χ3n) is 1.85. The van der Waals surface area contributed by atoms with Gasteiger partial charge >= 0.3 is 0 Å². The number of aromatic nitrogens is 2. The molecule has 1 aromatic heterocycles. The summed E-state index contributed by atoms with van der Waals surface area (Å²) in [4.78, 5) is 0. The first kappa shape index (κ1) is 8.73. The maximum Gasteiger partial charge on any atom is 0.159 e. The second-order valence-electron chi connectivity index (χ2n) is 2.83. The third-order valence-corrected chi connectivity index (χ3v) is 2.40. The third kappa shape index (κ3) is 1.47. The monoisotopic (exact) mass is 212 g/mol. The van der Waals surface area contributed by atoms with Crippen LogP contribution in [0.25, 0.3) is 10.8 Å². The van der Waals surface area contributed by atoms with Crippen LogP contribution in [0, 0.1) is 6.92 Å². The molecule has 0 aliphatic heterocycles. The van der Waals surface area contributed by atoms with Gasteiger partial charge in [0.1, 0.15) is 0 Å². The summed E-state index contributed by atoms with van der Waals surface area (Å²) in [6, 6.07) is 5.80. The van der Waals surface area contributed by atoms with Crippen LogP contribution in [0.2, 0.25) is 10.3 Å². The summed E-state index contributed by atoms with van der Waals surface area (Å²) < 4.78 is 0. The fourth-order valence-corrected chi connectivity index (χ4v) is 1.60. The first-order valence-corrected chi connectivity index (χ1v) is 4.52. The van der Waals surface area contributed by atoms with Crippen LogP contribution in [-0.4, -0.2) is 10.2 Å². The van der Waals surface area contributed by atoms with Crippen molar-refractivity contribution in [2.24, 2.45) is 0 Å². The van der Waals surface area contributed by atoms with E-state index in [1.165, 1.54) is 0 Å². The number of rotatable bonds is 0. The summed E-state index contributed by atoms with van der Waals surface area (Å²) in [5.41, 5.74) is 1.12. The van der Waals surface area contributed by atoms with Crippen molar-refractivity contribution in [3.05, 3.63) is 34.1 Å². The van der Waals surface area contributed by atoms with E-state index in [-0.39, 0.29) is 0 Å². The van der Waals surface area contributed by atoms with Gasteiger partial charge in [-0.1, -0.05) is 40.9 Å². The Hall–Kier alpha value is -0.860. The molecule has 0 fully saturated rings. The van der Waals surface area contributed by atoms with Crippen molar-refractivity contribution in [1.29, 1.82) is 0 Å². The van der Waals surface area contributed by atoms with Crippen LogP contribution >= 0.6 is 23.2 Å². The van der Waals surface area contributed by atoms with Crippen LogP contribution in [0.15, 0.2) is 18.2 Å². The van der Waals surface area contributed by atoms with E-state index in [9.17, 15) is 0 Å². The number of halogens is 2. The molecule has 2 nitrogen and oxygen atoms in total. The largest absolute Gasteiger partial charge is 0.159 e. The lowest BCUT2D eigenvalue weighted by molar-refractivity contribution is 1.05. The first-order valence-electron chi connectivity index (χ1n) is 3.76. The van der Waals surface area contributed by atoms with Gasteiger partial charge < -0.3 is 0 Å². The topological polar surface area (TPSA) is 25.8 Å². The molecule has 0 radical (unpaired) electrons. The Morgan fingerprint density at radius 2 is 1.62 bits per heavy atom. The number of fused-ring (bicyclic) bond motifs is 1. The van der Waals surface area contributed by atoms with Gasteiger partial charge in [0.05, 0.1) is 0 Å². The van der Waals surface area contributed by atoms with Gasteiger partial charge in [-0.3, -0.25) is 0 Å². The Morgan fingerprint density at radius 1 is 1.00 bits per heavy atom. The van der Waals surface area contributed by atoms with Crippen LogP contribution < -0.4 is 0 Å². The number of aryl methyl sites for hydroxylation is 1. The Morgan fingerprint density at radius 3 is 2.31 bits per heavy atom. The molecule has 1 aromatic carbocycles. The molecule has 0 saturated carbocycles. The van der Waals surface area contributed by atoms with E-state index in [0.717, 1.165) is 16.3 Å². The van der Waals surface area contributed by atoms with Crippen molar-refractivity contribution in [3.8, 4) is 0 Å². The fraction of sp³-hybridized carbons (Fsp3) is 0.111. The predicted molar refractivity (Wildman–Crippen MR) is 54.3 cm³/mol. The molecule has 13 heavy (non-hydrogen) atoms. The lowest BCUT2D eigenvalue weighted by Gasteiger charge is -2.01. The summed E-state index contributed by atoms with van der Waals surface area (Å²) in [6.07, 6.45) is 0. The number of hydrogen-bond donors (Lipinski definition) is 0. The zero-order valence-corrected chi connectivity index (χ0v) is 8.39. The van der Waals surface area contributed by atoms with E-state index < -0.39 is 0 Å². The highest BCUT2D eigenvalue weighted by Gasteiger charge is 2.05. The summed E-state index contributed by atoms with van der Waals surface area (Å²) in [6.45, 7) is 1.99. The molecular weight excluding hydrogens is 207 g/mol. The molecule has 0 spiro atoms. The van der Waals surface area contributed by atoms with Crippen LogP contribution in [0.1, 0.15) is 5.56 Å². The molecular formula is C9H6Cl2N2. The van der Waals surface area contributed by atoms with E-state index in [1.54, 1.807) is 0 Å². The molecule has 4 heteroatoms.